The number of rotatable bonds is 5. The van der Waals surface area contributed by atoms with Gasteiger partial charge in [-0.25, -0.2) is 5.43 Å². The van der Waals surface area contributed by atoms with E-state index in [1.54, 1.807) is 18.2 Å². The second-order valence-corrected chi connectivity index (χ2v) is 6.02. The zero-order valence-corrected chi connectivity index (χ0v) is 14.8. The quantitative estimate of drug-likeness (QED) is 0.397. The van der Waals surface area contributed by atoms with Gasteiger partial charge in [-0.05, 0) is 29.3 Å². The molecule has 0 unspecified atom stereocenters. The van der Waals surface area contributed by atoms with Crippen molar-refractivity contribution in [3.8, 4) is 11.1 Å². The van der Waals surface area contributed by atoms with Gasteiger partial charge in [-0.3, -0.25) is 14.9 Å². The molecule has 0 fully saturated rings. The molecule has 7 heteroatoms. The Balaban J connectivity index is 1.66. The number of nitro groups is 1. The fourth-order valence-corrected chi connectivity index (χ4v) is 2.61. The predicted molar refractivity (Wildman–Crippen MR) is 105 cm³/mol. The molecule has 0 radical (unpaired) electrons. The van der Waals surface area contributed by atoms with Crippen LogP contribution in [0.3, 0.4) is 0 Å². The lowest BCUT2D eigenvalue weighted by atomic mass is 10.0. The summed E-state index contributed by atoms with van der Waals surface area (Å²) in [5.74, 6) is -0.380. The van der Waals surface area contributed by atoms with E-state index in [0.29, 0.717) is 11.1 Å². The summed E-state index contributed by atoms with van der Waals surface area (Å²) in [6.07, 6.45) is 1.32. The van der Waals surface area contributed by atoms with E-state index in [2.05, 4.69) is 10.5 Å². The third-order valence-electron chi connectivity index (χ3n) is 3.80. The van der Waals surface area contributed by atoms with Crippen LogP contribution in [0.25, 0.3) is 11.1 Å². The Hall–Kier alpha value is -3.51. The number of hydrogen-bond donors (Lipinski definition) is 1. The third-order valence-corrected chi connectivity index (χ3v) is 4.12. The van der Waals surface area contributed by atoms with E-state index < -0.39 is 4.92 Å². The highest BCUT2D eigenvalue weighted by atomic mass is 35.5. The Labute approximate surface area is 160 Å². The van der Waals surface area contributed by atoms with Crippen LogP contribution < -0.4 is 5.43 Å². The molecule has 1 amide bonds. The number of amides is 1. The molecule has 0 aliphatic carbocycles. The normalized spacial score (nSPS) is 10.7. The molecule has 0 aliphatic heterocycles. The van der Waals surface area contributed by atoms with Gasteiger partial charge in [0, 0.05) is 17.2 Å². The van der Waals surface area contributed by atoms with Crippen molar-refractivity contribution in [3.05, 3.63) is 99.1 Å². The molecule has 0 saturated heterocycles. The van der Waals surface area contributed by atoms with Gasteiger partial charge in [-0.15, -0.1) is 0 Å². The topological polar surface area (TPSA) is 84.6 Å². The van der Waals surface area contributed by atoms with Crippen molar-refractivity contribution in [2.45, 2.75) is 0 Å². The number of nitrogens with one attached hydrogen (secondary N) is 1. The van der Waals surface area contributed by atoms with E-state index in [1.165, 1.54) is 18.3 Å². The molecule has 0 atom stereocenters. The summed E-state index contributed by atoms with van der Waals surface area (Å²) in [5, 5.41) is 14.8. The van der Waals surface area contributed by atoms with Crippen LogP contribution in [0, 0.1) is 10.1 Å². The molecule has 1 N–H and O–H groups in total. The van der Waals surface area contributed by atoms with Gasteiger partial charge in [0.15, 0.2) is 0 Å². The minimum atomic E-state index is -0.577. The van der Waals surface area contributed by atoms with E-state index in [9.17, 15) is 14.9 Å². The summed E-state index contributed by atoms with van der Waals surface area (Å²) in [6.45, 7) is 0. The molecule has 27 heavy (non-hydrogen) atoms. The maximum Gasteiger partial charge on any atom is 0.288 e. The van der Waals surface area contributed by atoms with E-state index >= 15 is 0 Å². The van der Waals surface area contributed by atoms with Gasteiger partial charge in [-0.1, -0.05) is 60.1 Å². The lowest BCUT2D eigenvalue weighted by Crippen LogP contribution is -2.17. The van der Waals surface area contributed by atoms with Crippen LogP contribution in [-0.2, 0) is 0 Å². The molecule has 3 aromatic rings. The molecule has 0 bridgehead atoms. The Morgan fingerprint density at radius 1 is 1.00 bits per heavy atom. The number of halogens is 1. The van der Waals surface area contributed by atoms with Crippen LogP contribution >= 0.6 is 11.6 Å². The molecular weight excluding hydrogens is 366 g/mol. The smallest absolute Gasteiger partial charge is 0.267 e. The summed E-state index contributed by atoms with van der Waals surface area (Å²) >= 11 is 5.76. The maximum atomic E-state index is 12.2. The fraction of sp³-hybridized carbons (Fsp3) is 0. The average Bonchev–Trinajstić information content (AvgIpc) is 2.69. The standard InChI is InChI=1S/C20H14ClN3O3/c21-18-11-6-14(12-19(18)24(26)27)13-22-23-20(25)17-9-7-16(8-10-17)15-4-2-1-3-5-15/h1-13H,(H,23,25)/b22-13+. The van der Waals surface area contributed by atoms with Gasteiger partial charge in [0.1, 0.15) is 5.02 Å². The van der Waals surface area contributed by atoms with Gasteiger partial charge in [0.05, 0.1) is 11.1 Å². The number of carbonyl (C=O) groups is 1. The number of carbonyl (C=O) groups excluding carboxylic acids is 1. The second kappa shape index (κ2) is 8.25. The first-order valence-corrected chi connectivity index (χ1v) is 8.35. The lowest BCUT2D eigenvalue weighted by molar-refractivity contribution is -0.384. The molecule has 134 valence electrons. The van der Waals surface area contributed by atoms with Crippen LogP contribution in [-0.4, -0.2) is 17.0 Å². The first-order valence-electron chi connectivity index (χ1n) is 7.97. The number of benzene rings is 3. The minimum Gasteiger partial charge on any atom is -0.267 e. The van der Waals surface area contributed by atoms with Crippen molar-refractivity contribution >= 4 is 29.4 Å². The summed E-state index contributed by atoms with van der Waals surface area (Å²) in [6, 6.07) is 21.2. The minimum absolute atomic E-state index is 0.0414. The van der Waals surface area contributed by atoms with Crippen LogP contribution in [0.15, 0.2) is 77.9 Å². The summed E-state index contributed by atoms with van der Waals surface area (Å²) in [4.78, 5) is 22.5. The summed E-state index contributed by atoms with van der Waals surface area (Å²) in [5.41, 5.74) is 5.15. The van der Waals surface area contributed by atoms with Gasteiger partial charge in [-0.2, -0.15) is 5.10 Å². The van der Waals surface area contributed by atoms with Gasteiger partial charge in [0.2, 0.25) is 0 Å². The number of hydrazone groups is 1. The monoisotopic (exact) mass is 379 g/mol. The average molecular weight is 380 g/mol. The molecule has 3 aromatic carbocycles. The van der Waals surface area contributed by atoms with E-state index in [0.717, 1.165) is 11.1 Å². The van der Waals surface area contributed by atoms with E-state index in [1.807, 2.05) is 42.5 Å². The fourth-order valence-electron chi connectivity index (χ4n) is 2.42. The van der Waals surface area contributed by atoms with Crippen molar-refractivity contribution in [2.24, 2.45) is 5.10 Å². The Morgan fingerprint density at radius 3 is 2.33 bits per heavy atom. The van der Waals surface area contributed by atoms with Crippen LogP contribution in [0.2, 0.25) is 5.02 Å². The molecule has 0 aliphatic rings. The molecule has 6 nitrogen and oxygen atoms in total. The van der Waals surface area contributed by atoms with E-state index in [-0.39, 0.29) is 16.6 Å². The predicted octanol–water partition coefficient (Wildman–Crippen LogP) is 4.68. The first kappa shape index (κ1) is 18.3. The highest BCUT2D eigenvalue weighted by Crippen LogP contribution is 2.24. The second-order valence-electron chi connectivity index (χ2n) is 5.61. The maximum absolute atomic E-state index is 12.2. The zero-order chi connectivity index (χ0) is 19.2. The Bertz CT molecular complexity index is 1000. The van der Waals surface area contributed by atoms with Gasteiger partial charge < -0.3 is 0 Å². The number of nitro benzene ring substituents is 1. The lowest BCUT2D eigenvalue weighted by Gasteiger charge is -2.03. The molecule has 0 heterocycles. The summed E-state index contributed by atoms with van der Waals surface area (Å²) in [7, 11) is 0. The molecule has 0 spiro atoms. The van der Waals surface area contributed by atoms with Crippen molar-refractivity contribution in [1.82, 2.24) is 5.43 Å². The molecular formula is C20H14ClN3O3. The Kier molecular flexibility index (Phi) is 5.58. The van der Waals surface area contributed by atoms with Crippen molar-refractivity contribution in [2.75, 3.05) is 0 Å². The largest absolute Gasteiger partial charge is 0.288 e. The zero-order valence-electron chi connectivity index (χ0n) is 14.0. The van der Waals surface area contributed by atoms with E-state index in [4.69, 9.17) is 11.6 Å². The third kappa shape index (κ3) is 4.56. The SMILES string of the molecule is O=C(N/N=C/c1ccc(Cl)c([N+](=O)[O-])c1)c1ccc(-c2ccccc2)cc1. The van der Waals surface area contributed by atoms with Crippen molar-refractivity contribution < 1.29 is 9.72 Å². The number of nitrogens with zero attached hydrogens (tertiary/aromatic N) is 2. The van der Waals surface area contributed by atoms with Crippen molar-refractivity contribution in [3.63, 3.8) is 0 Å². The van der Waals surface area contributed by atoms with Crippen LogP contribution in [0.5, 0.6) is 0 Å². The molecule has 3 rings (SSSR count). The number of hydrogen-bond acceptors (Lipinski definition) is 4. The van der Waals surface area contributed by atoms with Crippen LogP contribution in [0.1, 0.15) is 15.9 Å². The summed E-state index contributed by atoms with van der Waals surface area (Å²) < 4.78 is 0. The molecule has 0 saturated carbocycles. The van der Waals surface area contributed by atoms with Crippen LogP contribution in [0.4, 0.5) is 5.69 Å². The Morgan fingerprint density at radius 2 is 1.67 bits per heavy atom. The van der Waals surface area contributed by atoms with Gasteiger partial charge in [0.25, 0.3) is 11.6 Å². The molecule has 0 aromatic heterocycles. The van der Waals surface area contributed by atoms with Crippen molar-refractivity contribution in [1.29, 1.82) is 0 Å². The first-order chi connectivity index (χ1) is 13.0. The highest BCUT2D eigenvalue weighted by Gasteiger charge is 2.12. The highest BCUT2D eigenvalue weighted by molar-refractivity contribution is 6.32. The van der Waals surface area contributed by atoms with Gasteiger partial charge >= 0.3 is 0 Å².